The van der Waals surface area contributed by atoms with Crippen LogP contribution in [0.15, 0.2) is 24.3 Å². The maximum Gasteiger partial charge on any atom is 0.224 e. The first-order chi connectivity index (χ1) is 10.2. The van der Waals surface area contributed by atoms with E-state index in [1.165, 1.54) is 12.1 Å². The zero-order valence-corrected chi connectivity index (χ0v) is 12.2. The van der Waals surface area contributed by atoms with Crippen LogP contribution in [0, 0.1) is 29.5 Å². The summed E-state index contributed by atoms with van der Waals surface area (Å²) in [4.78, 5) is 11.8. The van der Waals surface area contributed by atoms with E-state index in [1.807, 2.05) is 0 Å². The van der Waals surface area contributed by atoms with E-state index in [0.29, 0.717) is 25.3 Å². The van der Waals surface area contributed by atoms with Crippen LogP contribution in [0.5, 0.6) is 5.75 Å². The van der Waals surface area contributed by atoms with Crippen molar-refractivity contribution < 1.29 is 13.9 Å². The number of unbranched alkanes of at least 4 members (excludes halogenated alkanes) is 1. The molecule has 0 radical (unpaired) electrons. The lowest BCUT2D eigenvalue weighted by Gasteiger charge is -2.15. The Morgan fingerprint density at radius 1 is 1.33 bits per heavy atom. The molecule has 3 nitrogen and oxygen atoms in total. The van der Waals surface area contributed by atoms with Gasteiger partial charge < -0.3 is 10.1 Å². The number of nitrogens with one attached hydrogen (secondary N) is 1. The highest BCUT2D eigenvalue weighted by molar-refractivity contribution is 5.81. The van der Waals surface area contributed by atoms with Gasteiger partial charge in [0.05, 0.1) is 12.5 Å². The topological polar surface area (TPSA) is 38.3 Å². The SMILES string of the molecule is CCCC#CC[C@H]1C(=O)NC[C@@H]1COc1ccc(F)cc1. The Hall–Kier alpha value is -2.02. The number of benzene rings is 1. The van der Waals surface area contributed by atoms with E-state index in [9.17, 15) is 9.18 Å². The summed E-state index contributed by atoms with van der Waals surface area (Å²) in [5, 5.41) is 2.86. The van der Waals surface area contributed by atoms with Gasteiger partial charge in [0.25, 0.3) is 0 Å². The number of ether oxygens (including phenoxy) is 1. The zero-order chi connectivity index (χ0) is 15.1. The molecular weight excluding hydrogens is 269 g/mol. The molecule has 1 heterocycles. The molecule has 1 amide bonds. The largest absolute Gasteiger partial charge is 0.493 e. The summed E-state index contributed by atoms with van der Waals surface area (Å²) in [6.45, 7) is 3.13. The van der Waals surface area contributed by atoms with Gasteiger partial charge in [-0.15, -0.1) is 11.8 Å². The molecule has 0 spiro atoms. The predicted octanol–water partition coefficient (Wildman–Crippen LogP) is 2.76. The predicted molar refractivity (Wildman–Crippen MR) is 79.2 cm³/mol. The first kappa shape index (κ1) is 15.4. The lowest BCUT2D eigenvalue weighted by molar-refractivity contribution is -0.122. The molecule has 0 saturated carbocycles. The van der Waals surface area contributed by atoms with Gasteiger partial charge in [0.2, 0.25) is 5.91 Å². The zero-order valence-electron chi connectivity index (χ0n) is 12.2. The first-order valence-corrected chi connectivity index (χ1v) is 7.32. The molecule has 1 aliphatic rings. The maximum absolute atomic E-state index is 12.8. The second-order valence-electron chi connectivity index (χ2n) is 5.18. The summed E-state index contributed by atoms with van der Waals surface area (Å²) >= 11 is 0. The number of hydrogen-bond acceptors (Lipinski definition) is 2. The van der Waals surface area contributed by atoms with E-state index in [4.69, 9.17) is 4.74 Å². The smallest absolute Gasteiger partial charge is 0.224 e. The average Bonchev–Trinajstić information content (AvgIpc) is 2.84. The fourth-order valence-corrected chi connectivity index (χ4v) is 2.28. The molecule has 1 fully saturated rings. The monoisotopic (exact) mass is 289 g/mol. The molecule has 0 unspecified atom stereocenters. The third kappa shape index (κ3) is 4.49. The van der Waals surface area contributed by atoms with Crippen LogP contribution in [0.3, 0.4) is 0 Å². The van der Waals surface area contributed by atoms with Crippen LogP contribution >= 0.6 is 0 Å². The van der Waals surface area contributed by atoms with Gasteiger partial charge in [0.15, 0.2) is 0 Å². The minimum atomic E-state index is -0.288. The van der Waals surface area contributed by atoms with Crippen molar-refractivity contribution in [2.75, 3.05) is 13.2 Å². The van der Waals surface area contributed by atoms with Crippen LogP contribution in [0.1, 0.15) is 26.2 Å². The molecular formula is C17H20FNO2. The fourth-order valence-electron chi connectivity index (χ4n) is 2.28. The summed E-state index contributed by atoms with van der Waals surface area (Å²) in [5.41, 5.74) is 0. The number of rotatable bonds is 5. The van der Waals surface area contributed by atoms with Crippen LogP contribution in [0.25, 0.3) is 0 Å². The van der Waals surface area contributed by atoms with E-state index in [0.717, 1.165) is 12.8 Å². The van der Waals surface area contributed by atoms with Crippen molar-refractivity contribution in [3.05, 3.63) is 30.1 Å². The Morgan fingerprint density at radius 2 is 2.10 bits per heavy atom. The van der Waals surface area contributed by atoms with E-state index >= 15 is 0 Å². The van der Waals surface area contributed by atoms with E-state index in [2.05, 4.69) is 24.1 Å². The van der Waals surface area contributed by atoms with Crippen LogP contribution < -0.4 is 10.1 Å². The number of carbonyl (C=O) groups excluding carboxylic acids is 1. The second kappa shape index (κ2) is 7.68. The third-order valence-corrected chi connectivity index (χ3v) is 3.54. The van der Waals surface area contributed by atoms with Crippen LogP contribution in [0.2, 0.25) is 0 Å². The summed E-state index contributed by atoms with van der Waals surface area (Å²) in [5.74, 6) is 6.52. The van der Waals surface area contributed by atoms with Crippen molar-refractivity contribution in [2.24, 2.45) is 11.8 Å². The number of carbonyl (C=O) groups is 1. The van der Waals surface area contributed by atoms with Gasteiger partial charge in [0, 0.05) is 25.3 Å². The molecule has 0 bridgehead atoms. The molecule has 0 aromatic heterocycles. The van der Waals surface area contributed by atoms with Crippen molar-refractivity contribution in [2.45, 2.75) is 26.2 Å². The molecule has 2 rings (SSSR count). The molecule has 4 heteroatoms. The molecule has 1 aromatic carbocycles. The number of halogens is 1. The van der Waals surface area contributed by atoms with Crippen molar-refractivity contribution in [3.8, 4) is 17.6 Å². The molecule has 2 atom stereocenters. The fraction of sp³-hybridized carbons (Fsp3) is 0.471. The van der Waals surface area contributed by atoms with Gasteiger partial charge in [-0.05, 0) is 30.7 Å². The van der Waals surface area contributed by atoms with Gasteiger partial charge in [-0.25, -0.2) is 4.39 Å². The molecule has 112 valence electrons. The van der Waals surface area contributed by atoms with Gasteiger partial charge in [-0.3, -0.25) is 4.79 Å². The van der Waals surface area contributed by atoms with Crippen molar-refractivity contribution >= 4 is 5.91 Å². The van der Waals surface area contributed by atoms with E-state index < -0.39 is 0 Å². The van der Waals surface area contributed by atoms with Crippen LogP contribution in [0.4, 0.5) is 4.39 Å². The summed E-state index contributed by atoms with van der Waals surface area (Å²) in [6, 6.07) is 5.91. The maximum atomic E-state index is 12.8. The summed E-state index contributed by atoms with van der Waals surface area (Å²) < 4.78 is 18.5. The highest BCUT2D eigenvalue weighted by atomic mass is 19.1. The van der Waals surface area contributed by atoms with Crippen LogP contribution in [-0.4, -0.2) is 19.1 Å². The van der Waals surface area contributed by atoms with E-state index in [-0.39, 0.29) is 23.6 Å². The summed E-state index contributed by atoms with van der Waals surface area (Å²) in [7, 11) is 0. The van der Waals surface area contributed by atoms with Gasteiger partial charge in [-0.1, -0.05) is 6.92 Å². The quantitative estimate of drug-likeness (QED) is 0.846. The molecule has 0 aliphatic carbocycles. The highest BCUT2D eigenvalue weighted by Gasteiger charge is 2.34. The lowest BCUT2D eigenvalue weighted by Crippen LogP contribution is -2.22. The summed E-state index contributed by atoms with van der Waals surface area (Å²) in [6.07, 6.45) is 2.47. The average molecular weight is 289 g/mol. The van der Waals surface area contributed by atoms with E-state index in [1.54, 1.807) is 12.1 Å². The molecule has 1 aromatic rings. The Morgan fingerprint density at radius 3 is 2.81 bits per heavy atom. The van der Waals surface area contributed by atoms with Crippen molar-refractivity contribution in [1.29, 1.82) is 0 Å². The second-order valence-corrected chi connectivity index (χ2v) is 5.18. The Kier molecular flexibility index (Phi) is 5.62. The van der Waals surface area contributed by atoms with Crippen LogP contribution in [-0.2, 0) is 4.79 Å². The van der Waals surface area contributed by atoms with Gasteiger partial charge >= 0.3 is 0 Å². The standard InChI is InChI=1S/C17H20FNO2/c1-2-3-4-5-6-16-13(11-19-17(16)20)12-21-15-9-7-14(18)8-10-15/h7-10,13,16H,2-3,6,11-12H2,1H3,(H,19,20)/t13-,16-/m1/s1. The third-order valence-electron chi connectivity index (χ3n) is 3.54. The molecule has 1 aliphatic heterocycles. The highest BCUT2D eigenvalue weighted by Crippen LogP contribution is 2.23. The minimum Gasteiger partial charge on any atom is -0.493 e. The van der Waals surface area contributed by atoms with Gasteiger partial charge in [0.1, 0.15) is 11.6 Å². The first-order valence-electron chi connectivity index (χ1n) is 7.32. The van der Waals surface area contributed by atoms with Crippen molar-refractivity contribution in [1.82, 2.24) is 5.32 Å². The Labute approximate surface area is 124 Å². The molecule has 1 saturated heterocycles. The van der Waals surface area contributed by atoms with Crippen molar-refractivity contribution in [3.63, 3.8) is 0 Å². The van der Waals surface area contributed by atoms with Gasteiger partial charge in [-0.2, -0.15) is 0 Å². The lowest BCUT2D eigenvalue weighted by atomic mass is 9.93. The molecule has 21 heavy (non-hydrogen) atoms. The normalized spacial score (nSPS) is 20.6. The number of hydrogen-bond donors (Lipinski definition) is 1. The minimum absolute atomic E-state index is 0.0495. The molecule has 1 N–H and O–H groups in total. The Bertz CT molecular complexity index is 530. The Balaban J connectivity index is 1.87. The number of amides is 1.